The van der Waals surface area contributed by atoms with Gasteiger partial charge in [0.2, 0.25) is 0 Å². The van der Waals surface area contributed by atoms with Crippen molar-refractivity contribution in [3.8, 4) is 5.75 Å². The van der Waals surface area contributed by atoms with E-state index >= 15 is 0 Å². The van der Waals surface area contributed by atoms with Crippen LogP contribution in [0.5, 0.6) is 5.75 Å². The Morgan fingerprint density at radius 3 is 2.79 bits per heavy atom. The summed E-state index contributed by atoms with van der Waals surface area (Å²) in [6, 6.07) is 8.66. The second-order valence-corrected chi connectivity index (χ2v) is 5.18. The lowest BCUT2D eigenvalue weighted by atomic mass is 10.0. The van der Waals surface area contributed by atoms with E-state index in [0.717, 1.165) is 45.0 Å². The molecule has 0 amide bonds. The fourth-order valence-corrected chi connectivity index (χ4v) is 2.51. The predicted molar refractivity (Wildman–Crippen MR) is 77.6 cm³/mol. The fourth-order valence-electron chi connectivity index (χ4n) is 2.51. The number of hydrogen-bond acceptors (Lipinski definition) is 3. The van der Waals surface area contributed by atoms with Gasteiger partial charge >= 0.3 is 0 Å². The molecule has 3 nitrogen and oxygen atoms in total. The molecule has 0 saturated carbocycles. The summed E-state index contributed by atoms with van der Waals surface area (Å²) < 4.78 is 11.4. The van der Waals surface area contributed by atoms with Crippen molar-refractivity contribution in [1.82, 2.24) is 5.32 Å². The van der Waals surface area contributed by atoms with Gasteiger partial charge in [0.05, 0.1) is 6.61 Å². The summed E-state index contributed by atoms with van der Waals surface area (Å²) in [6.45, 7) is 7.84. The molecule has 0 spiro atoms. The summed E-state index contributed by atoms with van der Waals surface area (Å²) in [5.41, 5.74) is 1.25. The van der Waals surface area contributed by atoms with E-state index in [1.807, 2.05) is 6.07 Å². The standard InChI is InChI=1S/C16H25NO2/c1-3-17-13(2)15-6-4-5-7-16(15)19-12-14-8-10-18-11-9-14/h4-7,13-14,17H,3,8-12H2,1-2H3. The normalized spacial score (nSPS) is 18.2. The van der Waals surface area contributed by atoms with Crippen molar-refractivity contribution in [3.63, 3.8) is 0 Å². The quantitative estimate of drug-likeness (QED) is 0.855. The Morgan fingerprint density at radius 2 is 2.05 bits per heavy atom. The Kier molecular flexibility index (Phi) is 5.67. The molecule has 1 heterocycles. The van der Waals surface area contributed by atoms with Crippen molar-refractivity contribution in [2.45, 2.75) is 32.7 Å². The highest BCUT2D eigenvalue weighted by Gasteiger charge is 2.16. The van der Waals surface area contributed by atoms with Crippen molar-refractivity contribution in [1.29, 1.82) is 0 Å². The Bertz CT molecular complexity index is 375. The van der Waals surface area contributed by atoms with Crippen LogP contribution in [0.1, 0.15) is 38.3 Å². The van der Waals surface area contributed by atoms with Gasteiger partial charge < -0.3 is 14.8 Å². The Balaban J connectivity index is 1.94. The van der Waals surface area contributed by atoms with Crippen LogP contribution in [0, 0.1) is 5.92 Å². The molecule has 106 valence electrons. The van der Waals surface area contributed by atoms with Gasteiger partial charge in [-0.15, -0.1) is 0 Å². The average Bonchev–Trinajstić information content (AvgIpc) is 2.47. The summed E-state index contributed by atoms with van der Waals surface area (Å²) in [4.78, 5) is 0. The van der Waals surface area contributed by atoms with Gasteiger partial charge in [0, 0.05) is 24.8 Å². The Labute approximate surface area is 116 Å². The number of ether oxygens (including phenoxy) is 2. The van der Waals surface area contributed by atoms with Crippen LogP contribution in [0.4, 0.5) is 0 Å². The van der Waals surface area contributed by atoms with E-state index < -0.39 is 0 Å². The maximum absolute atomic E-state index is 6.05. The van der Waals surface area contributed by atoms with E-state index in [2.05, 4.69) is 37.4 Å². The first-order valence-electron chi connectivity index (χ1n) is 7.34. The molecule has 1 aliphatic rings. The first-order valence-corrected chi connectivity index (χ1v) is 7.34. The van der Waals surface area contributed by atoms with Crippen LogP contribution < -0.4 is 10.1 Å². The van der Waals surface area contributed by atoms with Crippen molar-refractivity contribution in [2.75, 3.05) is 26.4 Å². The molecule has 3 heteroatoms. The zero-order valence-corrected chi connectivity index (χ0v) is 12.0. The molecule has 1 aromatic rings. The lowest BCUT2D eigenvalue weighted by Gasteiger charge is -2.24. The zero-order chi connectivity index (χ0) is 13.5. The number of para-hydroxylation sites is 1. The molecule has 1 fully saturated rings. The van der Waals surface area contributed by atoms with Crippen molar-refractivity contribution < 1.29 is 9.47 Å². The van der Waals surface area contributed by atoms with Crippen LogP contribution in [0.25, 0.3) is 0 Å². The molecule has 1 aliphatic heterocycles. The van der Waals surface area contributed by atoms with Crippen LogP contribution in [0.15, 0.2) is 24.3 Å². The first-order chi connectivity index (χ1) is 9.31. The van der Waals surface area contributed by atoms with E-state index in [9.17, 15) is 0 Å². The molecule has 2 rings (SSSR count). The molecule has 1 N–H and O–H groups in total. The predicted octanol–water partition coefficient (Wildman–Crippen LogP) is 3.16. The summed E-state index contributed by atoms with van der Waals surface area (Å²) in [6.07, 6.45) is 2.23. The molecular formula is C16H25NO2. The number of hydrogen-bond donors (Lipinski definition) is 1. The molecule has 1 aromatic carbocycles. The van der Waals surface area contributed by atoms with Gasteiger partial charge in [-0.05, 0) is 38.3 Å². The zero-order valence-electron chi connectivity index (χ0n) is 12.0. The molecule has 0 aromatic heterocycles. The lowest BCUT2D eigenvalue weighted by Crippen LogP contribution is -2.23. The molecule has 1 unspecified atom stereocenters. The number of benzene rings is 1. The van der Waals surface area contributed by atoms with E-state index in [4.69, 9.17) is 9.47 Å². The lowest BCUT2D eigenvalue weighted by molar-refractivity contribution is 0.0495. The third kappa shape index (κ3) is 4.22. The highest BCUT2D eigenvalue weighted by Crippen LogP contribution is 2.26. The summed E-state index contributed by atoms with van der Waals surface area (Å²) in [7, 11) is 0. The van der Waals surface area contributed by atoms with Crippen molar-refractivity contribution in [2.24, 2.45) is 5.92 Å². The molecule has 0 bridgehead atoms. The van der Waals surface area contributed by atoms with Gasteiger partial charge in [-0.1, -0.05) is 25.1 Å². The summed E-state index contributed by atoms with van der Waals surface area (Å²) >= 11 is 0. The monoisotopic (exact) mass is 263 g/mol. The minimum absolute atomic E-state index is 0.330. The molecular weight excluding hydrogens is 238 g/mol. The van der Waals surface area contributed by atoms with Gasteiger partial charge in [-0.3, -0.25) is 0 Å². The minimum atomic E-state index is 0.330. The van der Waals surface area contributed by atoms with E-state index in [-0.39, 0.29) is 0 Å². The van der Waals surface area contributed by atoms with E-state index in [1.165, 1.54) is 5.56 Å². The first kappa shape index (κ1) is 14.4. The second kappa shape index (κ2) is 7.51. The molecule has 1 atom stereocenters. The number of nitrogens with one attached hydrogen (secondary N) is 1. The Morgan fingerprint density at radius 1 is 1.32 bits per heavy atom. The van der Waals surface area contributed by atoms with Crippen LogP contribution in [-0.2, 0) is 4.74 Å². The van der Waals surface area contributed by atoms with Gasteiger partial charge in [-0.2, -0.15) is 0 Å². The second-order valence-electron chi connectivity index (χ2n) is 5.18. The van der Waals surface area contributed by atoms with Gasteiger partial charge in [0.25, 0.3) is 0 Å². The van der Waals surface area contributed by atoms with Crippen LogP contribution in [0.2, 0.25) is 0 Å². The third-order valence-corrected chi connectivity index (χ3v) is 3.71. The smallest absolute Gasteiger partial charge is 0.124 e. The van der Waals surface area contributed by atoms with Crippen molar-refractivity contribution in [3.05, 3.63) is 29.8 Å². The maximum atomic E-state index is 6.05. The van der Waals surface area contributed by atoms with Gasteiger partial charge in [0.15, 0.2) is 0 Å². The highest BCUT2D eigenvalue weighted by atomic mass is 16.5. The van der Waals surface area contributed by atoms with Gasteiger partial charge in [0.1, 0.15) is 5.75 Å². The maximum Gasteiger partial charge on any atom is 0.124 e. The van der Waals surface area contributed by atoms with Gasteiger partial charge in [-0.25, -0.2) is 0 Å². The Hall–Kier alpha value is -1.06. The summed E-state index contributed by atoms with van der Waals surface area (Å²) in [5.74, 6) is 1.65. The third-order valence-electron chi connectivity index (χ3n) is 3.71. The fraction of sp³-hybridized carbons (Fsp3) is 0.625. The average molecular weight is 263 g/mol. The molecule has 0 radical (unpaired) electrons. The van der Waals surface area contributed by atoms with Crippen LogP contribution in [-0.4, -0.2) is 26.4 Å². The molecule has 1 saturated heterocycles. The number of rotatable bonds is 6. The van der Waals surface area contributed by atoms with E-state index in [1.54, 1.807) is 0 Å². The largest absolute Gasteiger partial charge is 0.493 e. The minimum Gasteiger partial charge on any atom is -0.493 e. The van der Waals surface area contributed by atoms with Crippen LogP contribution in [0.3, 0.4) is 0 Å². The van der Waals surface area contributed by atoms with Crippen LogP contribution >= 0.6 is 0 Å². The topological polar surface area (TPSA) is 30.5 Å². The van der Waals surface area contributed by atoms with E-state index in [0.29, 0.717) is 12.0 Å². The molecule has 0 aliphatic carbocycles. The molecule has 19 heavy (non-hydrogen) atoms. The SMILES string of the molecule is CCNC(C)c1ccccc1OCC1CCOCC1. The summed E-state index contributed by atoms with van der Waals surface area (Å²) in [5, 5.41) is 3.44. The highest BCUT2D eigenvalue weighted by molar-refractivity contribution is 5.35. The van der Waals surface area contributed by atoms with Crippen molar-refractivity contribution >= 4 is 0 Å².